The molecule has 6 heteroatoms. The maximum Gasteiger partial charge on any atom is 0.228 e. The number of hydrogen-bond donors (Lipinski definition) is 1. The van der Waals surface area contributed by atoms with Gasteiger partial charge in [-0.15, -0.1) is 0 Å². The van der Waals surface area contributed by atoms with E-state index in [1.165, 1.54) is 5.75 Å². The second-order valence-corrected chi connectivity index (χ2v) is 5.78. The van der Waals surface area contributed by atoms with Crippen LogP contribution in [0.1, 0.15) is 11.5 Å². The Labute approximate surface area is 116 Å². The summed E-state index contributed by atoms with van der Waals surface area (Å²) in [6.45, 7) is 3.07. The number of hydrogen-bond acceptors (Lipinski definition) is 6. The first kappa shape index (κ1) is 12.6. The highest BCUT2D eigenvalue weighted by Crippen LogP contribution is 2.19. The van der Waals surface area contributed by atoms with Crippen LogP contribution in [0.2, 0.25) is 0 Å². The summed E-state index contributed by atoms with van der Waals surface area (Å²) in [6, 6.07) is 2.38. The SMILES string of the molecule is Cc1ccncc1-c1noc(CC2CSCCN2)n1. The molecular weight excluding hydrogens is 260 g/mol. The van der Waals surface area contributed by atoms with Gasteiger partial charge in [0.15, 0.2) is 0 Å². The highest BCUT2D eigenvalue weighted by molar-refractivity contribution is 7.99. The van der Waals surface area contributed by atoms with Crippen molar-refractivity contribution >= 4 is 11.8 Å². The molecule has 5 nitrogen and oxygen atoms in total. The van der Waals surface area contributed by atoms with Crippen LogP contribution in [-0.2, 0) is 6.42 Å². The molecule has 0 amide bonds. The topological polar surface area (TPSA) is 63.8 Å². The molecule has 0 radical (unpaired) electrons. The minimum atomic E-state index is 0.432. The van der Waals surface area contributed by atoms with E-state index < -0.39 is 0 Å². The third kappa shape index (κ3) is 2.96. The quantitative estimate of drug-likeness (QED) is 0.920. The first-order valence-corrected chi connectivity index (χ1v) is 7.53. The molecule has 0 aromatic carbocycles. The first-order valence-electron chi connectivity index (χ1n) is 6.37. The van der Waals surface area contributed by atoms with Crippen molar-refractivity contribution in [2.45, 2.75) is 19.4 Å². The monoisotopic (exact) mass is 276 g/mol. The van der Waals surface area contributed by atoms with E-state index in [9.17, 15) is 0 Å². The lowest BCUT2D eigenvalue weighted by molar-refractivity contribution is 0.363. The van der Waals surface area contributed by atoms with Gasteiger partial charge in [0.2, 0.25) is 11.7 Å². The third-order valence-electron chi connectivity index (χ3n) is 3.17. The van der Waals surface area contributed by atoms with Crippen molar-refractivity contribution < 1.29 is 4.52 Å². The lowest BCUT2D eigenvalue weighted by Crippen LogP contribution is -2.38. The fourth-order valence-electron chi connectivity index (χ4n) is 2.11. The molecule has 19 heavy (non-hydrogen) atoms. The second kappa shape index (κ2) is 5.71. The fraction of sp³-hybridized carbons (Fsp3) is 0.462. The predicted molar refractivity (Wildman–Crippen MR) is 75.1 cm³/mol. The lowest BCUT2D eigenvalue weighted by Gasteiger charge is -2.21. The molecule has 1 N–H and O–H groups in total. The first-order chi connectivity index (χ1) is 9.33. The van der Waals surface area contributed by atoms with Crippen LogP contribution in [-0.4, -0.2) is 39.2 Å². The molecule has 100 valence electrons. The number of pyridine rings is 1. The van der Waals surface area contributed by atoms with E-state index in [4.69, 9.17) is 4.52 Å². The number of nitrogens with one attached hydrogen (secondary N) is 1. The summed E-state index contributed by atoms with van der Waals surface area (Å²) in [4.78, 5) is 8.58. The van der Waals surface area contributed by atoms with Gasteiger partial charge in [0, 0.05) is 48.5 Å². The van der Waals surface area contributed by atoms with Crippen LogP contribution in [0.5, 0.6) is 0 Å². The number of rotatable bonds is 3. The van der Waals surface area contributed by atoms with Crippen LogP contribution in [0.4, 0.5) is 0 Å². The van der Waals surface area contributed by atoms with Crippen molar-refractivity contribution in [3.8, 4) is 11.4 Å². The van der Waals surface area contributed by atoms with Crippen molar-refractivity contribution in [3.05, 3.63) is 29.9 Å². The zero-order valence-electron chi connectivity index (χ0n) is 10.8. The average Bonchev–Trinajstić information content (AvgIpc) is 2.89. The van der Waals surface area contributed by atoms with Gasteiger partial charge in [-0.1, -0.05) is 5.16 Å². The minimum Gasteiger partial charge on any atom is -0.339 e. The van der Waals surface area contributed by atoms with Crippen LogP contribution in [0.3, 0.4) is 0 Å². The van der Waals surface area contributed by atoms with Crippen LogP contribution in [0.15, 0.2) is 23.0 Å². The van der Waals surface area contributed by atoms with Gasteiger partial charge >= 0.3 is 0 Å². The number of aromatic nitrogens is 3. The molecule has 1 fully saturated rings. The van der Waals surface area contributed by atoms with Gasteiger partial charge in [-0.05, 0) is 18.6 Å². The van der Waals surface area contributed by atoms with Crippen molar-refractivity contribution in [2.24, 2.45) is 0 Å². The zero-order valence-corrected chi connectivity index (χ0v) is 11.6. The lowest BCUT2D eigenvalue weighted by atomic mass is 10.1. The number of nitrogens with zero attached hydrogens (tertiary/aromatic N) is 3. The van der Waals surface area contributed by atoms with E-state index in [2.05, 4.69) is 20.4 Å². The van der Waals surface area contributed by atoms with Gasteiger partial charge < -0.3 is 9.84 Å². The molecule has 2 aromatic rings. The molecule has 0 aliphatic carbocycles. The maximum atomic E-state index is 5.34. The Kier molecular flexibility index (Phi) is 3.79. The van der Waals surface area contributed by atoms with E-state index in [1.54, 1.807) is 12.4 Å². The zero-order chi connectivity index (χ0) is 13.1. The standard InChI is InChI=1S/C13H16N4OS/c1-9-2-3-14-7-11(9)13-16-12(18-17-13)6-10-8-19-5-4-15-10/h2-3,7,10,15H,4-6,8H2,1H3. The van der Waals surface area contributed by atoms with Gasteiger partial charge in [-0.2, -0.15) is 16.7 Å². The van der Waals surface area contributed by atoms with Crippen molar-refractivity contribution in [3.63, 3.8) is 0 Å². The van der Waals surface area contributed by atoms with Crippen molar-refractivity contribution in [1.29, 1.82) is 0 Å². The summed E-state index contributed by atoms with van der Waals surface area (Å²) in [5, 5.41) is 7.52. The van der Waals surface area contributed by atoms with E-state index in [0.29, 0.717) is 17.8 Å². The number of aryl methyl sites for hydroxylation is 1. The predicted octanol–water partition coefficient (Wildman–Crippen LogP) is 1.69. The van der Waals surface area contributed by atoms with Gasteiger partial charge in [0.05, 0.1) is 0 Å². The van der Waals surface area contributed by atoms with Gasteiger partial charge in [0.25, 0.3) is 0 Å². The molecule has 0 spiro atoms. The van der Waals surface area contributed by atoms with E-state index in [0.717, 1.165) is 29.8 Å². The molecule has 0 bridgehead atoms. The van der Waals surface area contributed by atoms with Gasteiger partial charge in [-0.25, -0.2) is 0 Å². The molecule has 0 saturated carbocycles. The Morgan fingerprint density at radius 1 is 1.53 bits per heavy atom. The summed E-state index contributed by atoms with van der Waals surface area (Å²) in [6.07, 6.45) is 4.33. The van der Waals surface area contributed by atoms with Crippen LogP contribution in [0.25, 0.3) is 11.4 Å². The Morgan fingerprint density at radius 2 is 2.47 bits per heavy atom. The normalized spacial score (nSPS) is 19.5. The van der Waals surface area contributed by atoms with Crippen molar-refractivity contribution in [1.82, 2.24) is 20.4 Å². The van der Waals surface area contributed by atoms with Gasteiger partial charge in [0.1, 0.15) is 0 Å². The largest absolute Gasteiger partial charge is 0.339 e. The summed E-state index contributed by atoms with van der Waals surface area (Å²) >= 11 is 1.97. The Hall–Kier alpha value is -1.40. The van der Waals surface area contributed by atoms with E-state index in [-0.39, 0.29) is 0 Å². The minimum absolute atomic E-state index is 0.432. The molecule has 2 aromatic heterocycles. The molecule has 1 atom stereocenters. The summed E-state index contributed by atoms with van der Waals surface area (Å²) in [5.41, 5.74) is 2.04. The highest BCUT2D eigenvalue weighted by atomic mass is 32.2. The molecule has 3 heterocycles. The van der Waals surface area contributed by atoms with E-state index >= 15 is 0 Å². The molecule has 3 rings (SSSR count). The van der Waals surface area contributed by atoms with Crippen LogP contribution >= 0.6 is 11.8 Å². The smallest absolute Gasteiger partial charge is 0.228 e. The third-order valence-corrected chi connectivity index (χ3v) is 4.30. The van der Waals surface area contributed by atoms with Crippen LogP contribution in [0, 0.1) is 6.92 Å². The molecule has 1 saturated heterocycles. The van der Waals surface area contributed by atoms with E-state index in [1.807, 2.05) is 24.8 Å². The summed E-state index contributed by atoms with van der Waals surface area (Å²) in [7, 11) is 0. The van der Waals surface area contributed by atoms with Crippen molar-refractivity contribution in [2.75, 3.05) is 18.1 Å². The average molecular weight is 276 g/mol. The highest BCUT2D eigenvalue weighted by Gasteiger charge is 2.18. The maximum absolute atomic E-state index is 5.34. The fourth-order valence-corrected chi connectivity index (χ4v) is 3.06. The Morgan fingerprint density at radius 3 is 3.26 bits per heavy atom. The summed E-state index contributed by atoms with van der Waals surface area (Å²) < 4.78 is 5.34. The molecule has 1 aliphatic heterocycles. The number of thioether (sulfide) groups is 1. The Bertz CT molecular complexity index is 551. The molecule has 1 aliphatic rings. The second-order valence-electron chi connectivity index (χ2n) is 4.63. The van der Waals surface area contributed by atoms with Gasteiger partial charge in [-0.3, -0.25) is 4.98 Å². The van der Waals surface area contributed by atoms with Crippen LogP contribution < -0.4 is 5.32 Å². The summed E-state index contributed by atoms with van der Waals surface area (Å²) in [5.74, 6) is 3.60. The Balaban J connectivity index is 1.74. The molecular formula is C13H16N4OS. The molecule has 1 unspecified atom stereocenters.